The topological polar surface area (TPSA) is 38.7 Å². The molecule has 0 spiro atoms. The first-order valence-electron chi connectivity index (χ1n) is 4.91. The molecule has 78 valence electrons. The average Bonchev–Trinajstić information content (AvgIpc) is 2.15. The van der Waals surface area contributed by atoms with E-state index in [1.54, 1.807) is 7.11 Å². The van der Waals surface area contributed by atoms with Gasteiger partial charge in [-0.1, -0.05) is 20.8 Å². The van der Waals surface area contributed by atoms with Gasteiger partial charge < -0.3 is 14.6 Å². The highest BCUT2D eigenvalue weighted by Crippen LogP contribution is 2.34. The molecule has 1 aliphatic rings. The van der Waals surface area contributed by atoms with Gasteiger partial charge in [-0.2, -0.15) is 0 Å². The zero-order valence-corrected chi connectivity index (χ0v) is 8.86. The molecule has 0 aliphatic carbocycles. The van der Waals surface area contributed by atoms with Crippen LogP contribution in [0.3, 0.4) is 0 Å². The van der Waals surface area contributed by atoms with Crippen LogP contribution in [-0.2, 0) is 9.47 Å². The first-order valence-corrected chi connectivity index (χ1v) is 4.91. The molecular weight excluding hydrogens is 168 g/mol. The molecule has 1 heterocycles. The van der Waals surface area contributed by atoms with Crippen LogP contribution in [0.2, 0.25) is 0 Å². The summed E-state index contributed by atoms with van der Waals surface area (Å²) in [5.41, 5.74) is 0. The summed E-state index contributed by atoms with van der Waals surface area (Å²) >= 11 is 0. The molecule has 1 aliphatic heterocycles. The molecule has 0 aromatic rings. The number of hydrogen-bond acceptors (Lipinski definition) is 3. The molecule has 5 atom stereocenters. The second-order valence-electron chi connectivity index (χ2n) is 4.04. The normalized spacial score (nSPS) is 46.4. The second-order valence-corrected chi connectivity index (χ2v) is 4.04. The summed E-state index contributed by atoms with van der Waals surface area (Å²) in [4.78, 5) is 0. The molecule has 0 aromatic heterocycles. The minimum Gasteiger partial charge on any atom is -0.394 e. The van der Waals surface area contributed by atoms with E-state index in [4.69, 9.17) is 14.6 Å². The predicted molar refractivity (Wildman–Crippen MR) is 50.2 cm³/mol. The lowest BCUT2D eigenvalue weighted by atomic mass is 9.79. The molecule has 1 rings (SSSR count). The Balaban J connectivity index is 2.66. The molecule has 1 saturated heterocycles. The molecule has 3 heteroatoms. The van der Waals surface area contributed by atoms with Gasteiger partial charge in [-0.15, -0.1) is 0 Å². The van der Waals surface area contributed by atoms with Gasteiger partial charge in [-0.05, 0) is 11.8 Å². The molecular formula is C10H20O3. The Morgan fingerprint density at radius 3 is 2.23 bits per heavy atom. The van der Waals surface area contributed by atoms with Crippen LogP contribution in [0.1, 0.15) is 20.8 Å². The third-order valence-electron chi connectivity index (χ3n) is 3.40. The van der Waals surface area contributed by atoms with E-state index in [0.29, 0.717) is 17.8 Å². The average molecular weight is 188 g/mol. The van der Waals surface area contributed by atoms with Crippen molar-refractivity contribution < 1.29 is 14.6 Å². The Bertz CT molecular complexity index is 140. The fraction of sp³-hybridized carbons (Fsp3) is 1.00. The van der Waals surface area contributed by atoms with Gasteiger partial charge in [0.2, 0.25) is 0 Å². The second kappa shape index (κ2) is 4.40. The summed E-state index contributed by atoms with van der Waals surface area (Å²) in [7, 11) is 1.65. The summed E-state index contributed by atoms with van der Waals surface area (Å²) in [6, 6.07) is 0. The van der Waals surface area contributed by atoms with Gasteiger partial charge in [0.25, 0.3) is 0 Å². The molecule has 3 nitrogen and oxygen atoms in total. The maximum absolute atomic E-state index is 9.10. The first kappa shape index (κ1) is 11.0. The van der Waals surface area contributed by atoms with Crippen LogP contribution < -0.4 is 0 Å². The largest absolute Gasteiger partial charge is 0.394 e. The third kappa shape index (κ3) is 2.03. The predicted octanol–water partition coefficient (Wildman–Crippen LogP) is 1.26. The lowest BCUT2D eigenvalue weighted by molar-refractivity contribution is -0.244. The third-order valence-corrected chi connectivity index (χ3v) is 3.40. The van der Waals surface area contributed by atoms with Gasteiger partial charge >= 0.3 is 0 Å². The zero-order chi connectivity index (χ0) is 10.0. The summed E-state index contributed by atoms with van der Waals surface area (Å²) in [6.07, 6.45) is -0.237. The van der Waals surface area contributed by atoms with Gasteiger partial charge in [0, 0.05) is 13.0 Å². The van der Waals surface area contributed by atoms with E-state index in [1.165, 1.54) is 0 Å². The first-order chi connectivity index (χ1) is 6.11. The van der Waals surface area contributed by atoms with Crippen molar-refractivity contribution in [2.24, 2.45) is 17.8 Å². The van der Waals surface area contributed by atoms with Crippen LogP contribution in [0, 0.1) is 17.8 Å². The summed E-state index contributed by atoms with van der Waals surface area (Å²) in [5.74, 6) is 1.31. The van der Waals surface area contributed by atoms with E-state index in [2.05, 4.69) is 20.8 Å². The van der Waals surface area contributed by atoms with Crippen LogP contribution in [0.15, 0.2) is 0 Å². The van der Waals surface area contributed by atoms with Crippen molar-refractivity contribution in [3.63, 3.8) is 0 Å². The molecule has 0 radical (unpaired) electrons. The van der Waals surface area contributed by atoms with E-state index in [9.17, 15) is 0 Å². The SMILES string of the molecule is CO[C@@H]1OC(CO)[C@H](C)C(C)[C@H]1C. The quantitative estimate of drug-likeness (QED) is 0.709. The van der Waals surface area contributed by atoms with Crippen molar-refractivity contribution in [1.82, 2.24) is 0 Å². The van der Waals surface area contributed by atoms with Crippen molar-refractivity contribution in [2.75, 3.05) is 13.7 Å². The van der Waals surface area contributed by atoms with Gasteiger partial charge in [0.15, 0.2) is 6.29 Å². The highest BCUT2D eigenvalue weighted by molar-refractivity contribution is 4.82. The van der Waals surface area contributed by atoms with Gasteiger partial charge in [-0.25, -0.2) is 0 Å². The van der Waals surface area contributed by atoms with E-state index >= 15 is 0 Å². The van der Waals surface area contributed by atoms with Crippen LogP contribution in [0.4, 0.5) is 0 Å². The van der Waals surface area contributed by atoms with Crippen LogP contribution >= 0.6 is 0 Å². The van der Waals surface area contributed by atoms with Crippen molar-refractivity contribution in [3.8, 4) is 0 Å². The summed E-state index contributed by atoms with van der Waals surface area (Å²) in [5, 5.41) is 9.10. The Morgan fingerprint density at radius 1 is 1.15 bits per heavy atom. The molecule has 13 heavy (non-hydrogen) atoms. The van der Waals surface area contributed by atoms with E-state index in [1.807, 2.05) is 0 Å². The number of aliphatic hydroxyl groups excluding tert-OH is 1. The molecule has 0 amide bonds. The van der Waals surface area contributed by atoms with Crippen molar-refractivity contribution >= 4 is 0 Å². The lowest BCUT2D eigenvalue weighted by Crippen LogP contribution is -2.46. The number of hydrogen-bond donors (Lipinski definition) is 1. The Hall–Kier alpha value is -0.120. The van der Waals surface area contributed by atoms with Crippen molar-refractivity contribution in [2.45, 2.75) is 33.2 Å². The maximum Gasteiger partial charge on any atom is 0.160 e. The summed E-state index contributed by atoms with van der Waals surface area (Å²) in [6.45, 7) is 6.52. The molecule has 0 aromatic carbocycles. The van der Waals surface area contributed by atoms with E-state index in [-0.39, 0.29) is 19.0 Å². The van der Waals surface area contributed by atoms with Crippen molar-refractivity contribution in [1.29, 1.82) is 0 Å². The van der Waals surface area contributed by atoms with Gasteiger partial charge in [-0.3, -0.25) is 0 Å². The number of rotatable bonds is 2. The summed E-state index contributed by atoms with van der Waals surface area (Å²) < 4.78 is 10.8. The standard InChI is InChI=1S/C10H20O3/c1-6-7(2)9(5-11)13-10(12-4)8(6)3/h6-11H,5H2,1-4H3/t6?,7-,8-,9?,10-/m1/s1. The zero-order valence-electron chi connectivity index (χ0n) is 8.86. The number of methoxy groups -OCH3 is 1. The van der Waals surface area contributed by atoms with Crippen LogP contribution in [0.25, 0.3) is 0 Å². The fourth-order valence-electron chi connectivity index (χ4n) is 1.96. The monoisotopic (exact) mass is 188 g/mol. The minimum atomic E-state index is -0.164. The highest BCUT2D eigenvalue weighted by Gasteiger charge is 2.38. The fourth-order valence-corrected chi connectivity index (χ4v) is 1.96. The van der Waals surface area contributed by atoms with Crippen LogP contribution in [0.5, 0.6) is 0 Å². The molecule has 1 fully saturated rings. The Kier molecular flexibility index (Phi) is 3.71. The molecule has 1 N–H and O–H groups in total. The Morgan fingerprint density at radius 2 is 1.77 bits per heavy atom. The van der Waals surface area contributed by atoms with E-state index in [0.717, 1.165) is 0 Å². The van der Waals surface area contributed by atoms with Gasteiger partial charge in [0.05, 0.1) is 12.7 Å². The maximum atomic E-state index is 9.10. The highest BCUT2D eigenvalue weighted by atomic mass is 16.7. The minimum absolute atomic E-state index is 0.0730. The van der Waals surface area contributed by atoms with Crippen molar-refractivity contribution in [3.05, 3.63) is 0 Å². The number of aliphatic hydroxyl groups is 1. The van der Waals surface area contributed by atoms with E-state index < -0.39 is 0 Å². The van der Waals surface area contributed by atoms with Crippen LogP contribution in [-0.4, -0.2) is 31.2 Å². The van der Waals surface area contributed by atoms with Gasteiger partial charge in [0.1, 0.15) is 0 Å². The molecule has 2 unspecified atom stereocenters. The lowest BCUT2D eigenvalue weighted by Gasteiger charge is -2.42. The Labute approximate surface area is 80.0 Å². The number of ether oxygens (including phenoxy) is 2. The molecule has 0 saturated carbocycles. The smallest absolute Gasteiger partial charge is 0.160 e. The molecule has 0 bridgehead atoms.